The Balaban J connectivity index is 1.87. The van der Waals surface area contributed by atoms with Crippen LogP contribution in [0, 0.1) is 0 Å². The van der Waals surface area contributed by atoms with Gasteiger partial charge in [0.1, 0.15) is 17.2 Å². The quantitative estimate of drug-likeness (QED) is 0.473. The summed E-state index contributed by atoms with van der Waals surface area (Å²) in [6.07, 6.45) is 2.64. The lowest BCUT2D eigenvalue weighted by molar-refractivity contribution is -0.295. The van der Waals surface area contributed by atoms with Gasteiger partial charge in [0, 0.05) is 23.4 Å². The van der Waals surface area contributed by atoms with Crippen LogP contribution in [0.15, 0.2) is 79.2 Å². The monoisotopic (exact) mass is 362 g/mol. The normalized spacial score (nSPS) is 10.9. The van der Waals surface area contributed by atoms with Gasteiger partial charge in [0.25, 0.3) is 0 Å². The van der Waals surface area contributed by atoms with Crippen LogP contribution in [0.25, 0.3) is 5.57 Å². The number of aromatic nitrogens is 1. The molecule has 0 atom stereocenters. The van der Waals surface area contributed by atoms with Gasteiger partial charge in [-0.25, -0.2) is 4.98 Å². The number of rotatable bonds is 7. The lowest BCUT2D eigenvalue weighted by Crippen LogP contribution is -2.24. The van der Waals surface area contributed by atoms with Crippen molar-refractivity contribution in [3.63, 3.8) is 0 Å². The van der Waals surface area contributed by atoms with Gasteiger partial charge in [-0.2, -0.15) is 0 Å². The van der Waals surface area contributed by atoms with Crippen LogP contribution in [0.4, 0.5) is 0 Å². The summed E-state index contributed by atoms with van der Waals surface area (Å²) in [5.74, 6) is 0.399. The van der Waals surface area contributed by atoms with E-state index < -0.39 is 5.97 Å². The second-order valence-corrected chi connectivity index (χ2v) is 5.40. The van der Waals surface area contributed by atoms with E-state index in [9.17, 15) is 9.90 Å². The fourth-order valence-electron chi connectivity index (χ4n) is 2.37. The van der Waals surface area contributed by atoms with E-state index in [-0.39, 0.29) is 11.5 Å². The van der Waals surface area contributed by atoms with Gasteiger partial charge in [-0.1, -0.05) is 36.4 Å². The number of aliphatic carboxylic acids is 1. The lowest BCUT2D eigenvalue weighted by Gasteiger charge is -2.14. The molecule has 0 saturated heterocycles. The highest BCUT2D eigenvalue weighted by atomic mass is 16.5. The summed E-state index contributed by atoms with van der Waals surface area (Å²) in [4.78, 5) is 15.6. The predicted molar refractivity (Wildman–Crippen MR) is 97.3 cm³/mol. The number of ether oxygens (including phenoxy) is 3. The molecule has 0 unspecified atom stereocenters. The standard InChI is InChI=1S/C21H17NO5/c1-25-14-18(21(23)24)17-9-5-6-10-19(17)27-20-13-16(11-12-22-20)26-15-7-3-2-4-8-15/h2-14H,1H3,(H,23,24)/p-1/b18-14-. The van der Waals surface area contributed by atoms with Crippen LogP contribution in [0.2, 0.25) is 0 Å². The summed E-state index contributed by atoms with van der Waals surface area (Å²) in [5.41, 5.74) is 0.181. The zero-order valence-corrected chi connectivity index (χ0v) is 14.5. The van der Waals surface area contributed by atoms with Crippen molar-refractivity contribution in [3.05, 3.63) is 84.8 Å². The molecule has 0 bridgehead atoms. The number of nitrogens with zero attached hydrogens (tertiary/aromatic N) is 1. The van der Waals surface area contributed by atoms with Crippen LogP contribution in [-0.2, 0) is 9.53 Å². The van der Waals surface area contributed by atoms with Gasteiger partial charge in [0.15, 0.2) is 0 Å². The molecule has 3 aromatic rings. The Morgan fingerprint density at radius 2 is 1.70 bits per heavy atom. The van der Waals surface area contributed by atoms with Crippen molar-refractivity contribution in [2.45, 2.75) is 0 Å². The Morgan fingerprint density at radius 1 is 0.963 bits per heavy atom. The van der Waals surface area contributed by atoms with Crippen LogP contribution < -0.4 is 14.6 Å². The number of para-hydroxylation sites is 2. The van der Waals surface area contributed by atoms with Crippen molar-refractivity contribution in [3.8, 4) is 23.1 Å². The van der Waals surface area contributed by atoms with Crippen molar-refractivity contribution in [1.82, 2.24) is 4.98 Å². The summed E-state index contributed by atoms with van der Waals surface area (Å²) in [5, 5.41) is 11.4. The Hall–Kier alpha value is -3.80. The van der Waals surface area contributed by atoms with Crippen molar-refractivity contribution in [2.24, 2.45) is 0 Å². The first-order valence-corrected chi connectivity index (χ1v) is 8.08. The SMILES string of the molecule is CO/C=C(\C(=O)[O-])c1ccccc1Oc1cc(Oc2ccccc2)ccn1. The molecule has 1 aromatic heterocycles. The number of methoxy groups -OCH3 is 1. The average molecular weight is 362 g/mol. The van der Waals surface area contributed by atoms with Crippen LogP contribution in [0.3, 0.4) is 0 Å². The van der Waals surface area contributed by atoms with Gasteiger partial charge in [-0.15, -0.1) is 0 Å². The highest BCUT2D eigenvalue weighted by molar-refractivity contribution is 6.14. The number of carbonyl (C=O) groups is 1. The zero-order chi connectivity index (χ0) is 19.1. The molecule has 0 aliphatic rings. The maximum absolute atomic E-state index is 11.4. The van der Waals surface area contributed by atoms with Gasteiger partial charge in [-0.3, -0.25) is 0 Å². The number of pyridine rings is 1. The molecule has 0 N–H and O–H groups in total. The van der Waals surface area contributed by atoms with E-state index >= 15 is 0 Å². The minimum absolute atomic E-state index is 0.134. The highest BCUT2D eigenvalue weighted by Crippen LogP contribution is 2.31. The molecule has 0 fully saturated rings. The smallest absolute Gasteiger partial charge is 0.222 e. The van der Waals surface area contributed by atoms with E-state index in [0.717, 1.165) is 6.26 Å². The molecule has 0 spiro atoms. The molecule has 136 valence electrons. The summed E-state index contributed by atoms with van der Waals surface area (Å²) < 4.78 is 16.4. The van der Waals surface area contributed by atoms with Crippen molar-refractivity contribution < 1.29 is 24.1 Å². The fourth-order valence-corrected chi connectivity index (χ4v) is 2.37. The molecule has 0 amide bonds. The second kappa shape index (κ2) is 8.53. The lowest BCUT2D eigenvalue weighted by atomic mass is 10.1. The number of carboxylic acids is 1. The summed E-state index contributed by atoms with van der Waals surface area (Å²) in [6.45, 7) is 0. The molecule has 2 aromatic carbocycles. The number of hydrogen-bond donors (Lipinski definition) is 0. The van der Waals surface area contributed by atoms with Crippen LogP contribution in [0.1, 0.15) is 5.56 Å². The first kappa shape index (κ1) is 18.0. The van der Waals surface area contributed by atoms with E-state index in [1.165, 1.54) is 7.11 Å². The highest BCUT2D eigenvalue weighted by Gasteiger charge is 2.12. The van der Waals surface area contributed by atoms with E-state index in [0.29, 0.717) is 22.8 Å². The first-order chi connectivity index (χ1) is 13.2. The van der Waals surface area contributed by atoms with E-state index in [2.05, 4.69) is 4.98 Å². The van der Waals surface area contributed by atoms with Gasteiger partial charge in [0.2, 0.25) is 5.88 Å². The minimum atomic E-state index is -1.37. The molecule has 0 aliphatic carbocycles. The summed E-state index contributed by atoms with van der Waals surface area (Å²) in [7, 11) is 1.36. The molecular formula is C21H16NO5-. The second-order valence-electron chi connectivity index (χ2n) is 5.40. The number of hydrogen-bond acceptors (Lipinski definition) is 6. The third-order valence-electron chi connectivity index (χ3n) is 3.53. The molecule has 6 nitrogen and oxygen atoms in total. The van der Waals surface area contributed by atoms with Crippen LogP contribution >= 0.6 is 0 Å². The maximum atomic E-state index is 11.4. The van der Waals surface area contributed by atoms with Crippen molar-refractivity contribution >= 4 is 11.5 Å². The molecule has 0 aliphatic heterocycles. The molecule has 1 heterocycles. The van der Waals surface area contributed by atoms with E-state index in [1.54, 1.807) is 42.6 Å². The van der Waals surface area contributed by atoms with Gasteiger partial charge in [0.05, 0.1) is 19.3 Å². The minimum Gasteiger partial charge on any atom is -0.545 e. The predicted octanol–water partition coefficient (Wildman–Crippen LogP) is 3.40. The zero-order valence-electron chi connectivity index (χ0n) is 14.5. The summed E-state index contributed by atoms with van der Waals surface area (Å²) in [6, 6.07) is 19.3. The third kappa shape index (κ3) is 4.64. The number of benzene rings is 2. The fraction of sp³-hybridized carbons (Fsp3) is 0.0476. The largest absolute Gasteiger partial charge is 0.545 e. The molecule has 3 rings (SSSR count). The summed E-state index contributed by atoms with van der Waals surface area (Å²) >= 11 is 0. The Bertz CT molecular complexity index is 954. The average Bonchev–Trinajstić information content (AvgIpc) is 2.68. The molecular weight excluding hydrogens is 346 g/mol. The third-order valence-corrected chi connectivity index (χ3v) is 3.53. The molecule has 27 heavy (non-hydrogen) atoms. The van der Waals surface area contributed by atoms with Gasteiger partial charge in [-0.05, 0) is 24.3 Å². The Kier molecular flexibility index (Phi) is 5.69. The maximum Gasteiger partial charge on any atom is 0.222 e. The Labute approximate surface area is 156 Å². The number of carbonyl (C=O) groups excluding carboxylic acids is 1. The molecule has 0 radical (unpaired) electrons. The van der Waals surface area contributed by atoms with Crippen molar-refractivity contribution in [1.29, 1.82) is 0 Å². The van der Waals surface area contributed by atoms with E-state index in [4.69, 9.17) is 14.2 Å². The van der Waals surface area contributed by atoms with Crippen molar-refractivity contribution in [2.75, 3.05) is 7.11 Å². The Morgan fingerprint density at radius 3 is 2.44 bits per heavy atom. The van der Waals surface area contributed by atoms with Crippen LogP contribution in [0.5, 0.6) is 23.1 Å². The van der Waals surface area contributed by atoms with Crippen LogP contribution in [-0.4, -0.2) is 18.1 Å². The topological polar surface area (TPSA) is 80.7 Å². The van der Waals surface area contributed by atoms with E-state index in [1.807, 2.05) is 30.3 Å². The molecule has 6 heteroatoms. The molecule has 0 saturated carbocycles. The first-order valence-electron chi connectivity index (χ1n) is 8.08. The van der Waals surface area contributed by atoms with Gasteiger partial charge < -0.3 is 24.1 Å². The van der Waals surface area contributed by atoms with Gasteiger partial charge >= 0.3 is 0 Å². The number of carboxylic acid groups (broad SMARTS) is 1.